The van der Waals surface area contributed by atoms with Crippen molar-refractivity contribution in [2.45, 2.75) is 31.7 Å². The number of nitrogens with zero attached hydrogens (tertiary/aromatic N) is 1. The number of nitrogens with one attached hydrogen (secondary N) is 1. The quantitative estimate of drug-likeness (QED) is 0.793. The van der Waals surface area contributed by atoms with Gasteiger partial charge >= 0.3 is 6.18 Å². The van der Waals surface area contributed by atoms with Gasteiger partial charge in [-0.3, -0.25) is 9.59 Å². The Bertz CT molecular complexity index is 811. The number of amides is 2. The van der Waals surface area contributed by atoms with Crippen molar-refractivity contribution in [3.05, 3.63) is 59.5 Å². The molecule has 1 fully saturated rings. The fraction of sp³-hybridized carbons (Fsp3) is 0.400. The lowest BCUT2D eigenvalue weighted by Crippen LogP contribution is -2.46. The SMILES string of the molecule is O=C(NC1CCN(C(=O)c2ccco2)CC1)c1ccc(COCC(F)(F)F)cc1. The summed E-state index contributed by atoms with van der Waals surface area (Å²) in [7, 11) is 0. The van der Waals surface area contributed by atoms with Crippen LogP contribution in [0.4, 0.5) is 13.2 Å². The minimum atomic E-state index is -4.36. The third kappa shape index (κ3) is 6.08. The molecule has 0 atom stereocenters. The molecule has 1 aliphatic rings. The van der Waals surface area contributed by atoms with Gasteiger partial charge < -0.3 is 19.4 Å². The maximum Gasteiger partial charge on any atom is 0.411 e. The zero-order valence-corrected chi connectivity index (χ0v) is 15.6. The summed E-state index contributed by atoms with van der Waals surface area (Å²) < 4.78 is 46.0. The molecule has 0 bridgehead atoms. The second kappa shape index (κ2) is 9.13. The van der Waals surface area contributed by atoms with Crippen LogP contribution in [0.5, 0.6) is 0 Å². The van der Waals surface area contributed by atoms with Gasteiger partial charge in [-0.1, -0.05) is 12.1 Å². The van der Waals surface area contributed by atoms with Crippen molar-refractivity contribution in [3.8, 4) is 0 Å². The van der Waals surface area contributed by atoms with Crippen LogP contribution in [0, 0.1) is 0 Å². The Balaban J connectivity index is 1.44. The van der Waals surface area contributed by atoms with E-state index in [0.717, 1.165) is 0 Å². The van der Waals surface area contributed by atoms with E-state index >= 15 is 0 Å². The number of likely N-dealkylation sites (tertiary alicyclic amines) is 1. The Morgan fingerprint density at radius 1 is 1.14 bits per heavy atom. The maximum atomic E-state index is 12.4. The number of hydrogen-bond acceptors (Lipinski definition) is 4. The number of benzene rings is 1. The minimum absolute atomic E-state index is 0.0575. The first-order chi connectivity index (χ1) is 13.8. The van der Waals surface area contributed by atoms with Crippen LogP contribution in [0.15, 0.2) is 47.1 Å². The van der Waals surface area contributed by atoms with Crippen molar-refractivity contribution in [3.63, 3.8) is 0 Å². The van der Waals surface area contributed by atoms with E-state index in [0.29, 0.717) is 42.8 Å². The van der Waals surface area contributed by atoms with Crippen LogP contribution in [0.1, 0.15) is 39.3 Å². The van der Waals surface area contributed by atoms with E-state index in [4.69, 9.17) is 4.42 Å². The largest absolute Gasteiger partial charge is 0.459 e. The summed E-state index contributed by atoms with van der Waals surface area (Å²) in [5, 5.41) is 2.93. The third-order valence-corrected chi connectivity index (χ3v) is 4.60. The van der Waals surface area contributed by atoms with E-state index in [1.54, 1.807) is 41.3 Å². The zero-order chi connectivity index (χ0) is 20.9. The highest BCUT2D eigenvalue weighted by molar-refractivity contribution is 5.94. The summed E-state index contributed by atoms with van der Waals surface area (Å²) in [6.07, 6.45) is -1.66. The number of ether oxygens (including phenoxy) is 1. The number of carbonyl (C=O) groups excluding carboxylic acids is 2. The van der Waals surface area contributed by atoms with E-state index in [2.05, 4.69) is 10.1 Å². The van der Waals surface area contributed by atoms with Crippen LogP contribution in [0.25, 0.3) is 0 Å². The van der Waals surface area contributed by atoms with E-state index < -0.39 is 12.8 Å². The molecule has 156 valence electrons. The predicted molar refractivity (Wildman–Crippen MR) is 97.3 cm³/mol. The highest BCUT2D eigenvalue weighted by atomic mass is 19.4. The summed E-state index contributed by atoms with van der Waals surface area (Å²) in [4.78, 5) is 26.3. The van der Waals surface area contributed by atoms with E-state index in [9.17, 15) is 22.8 Å². The molecule has 29 heavy (non-hydrogen) atoms. The highest BCUT2D eigenvalue weighted by Gasteiger charge is 2.27. The smallest absolute Gasteiger partial charge is 0.411 e. The van der Waals surface area contributed by atoms with Crippen molar-refractivity contribution >= 4 is 11.8 Å². The van der Waals surface area contributed by atoms with E-state index in [1.807, 2.05) is 0 Å². The van der Waals surface area contributed by atoms with Gasteiger partial charge in [0.05, 0.1) is 12.9 Å². The summed E-state index contributed by atoms with van der Waals surface area (Å²) in [5.41, 5.74) is 0.967. The number of rotatable bonds is 6. The molecule has 0 spiro atoms. The van der Waals surface area contributed by atoms with Gasteiger partial charge in [-0.2, -0.15) is 13.2 Å². The molecule has 0 aliphatic carbocycles. The van der Waals surface area contributed by atoms with Gasteiger partial charge in [0.1, 0.15) is 6.61 Å². The number of piperidine rings is 1. The second-order valence-corrected chi connectivity index (χ2v) is 6.82. The number of alkyl halides is 3. The van der Waals surface area contributed by atoms with Gasteiger partial charge in [0, 0.05) is 24.7 Å². The standard InChI is InChI=1S/C20H21F3N2O4/c21-20(22,23)13-28-12-14-3-5-15(6-4-14)18(26)24-16-7-9-25(10-8-16)19(27)17-2-1-11-29-17/h1-6,11,16H,7-10,12-13H2,(H,24,26). The first-order valence-corrected chi connectivity index (χ1v) is 9.19. The van der Waals surface area contributed by atoms with E-state index in [-0.39, 0.29) is 24.5 Å². The molecule has 2 heterocycles. The lowest BCUT2D eigenvalue weighted by atomic mass is 10.0. The Kier molecular flexibility index (Phi) is 6.58. The molecule has 1 aromatic heterocycles. The Labute approximate surface area is 165 Å². The number of carbonyl (C=O) groups is 2. The monoisotopic (exact) mass is 410 g/mol. The molecule has 3 rings (SSSR count). The van der Waals surface area contributed by atoms with Crippen LogP contribution < -0.4 is 5.32 Å². The fourth-order valence-electron chi connectivity index (χ4n) is 3.09. The predicted octanol–water partition coefficient (Wildman–Crippen LogP) is 3.39. The molecule has 0 radical (unpaired) electrons. The number of hydrogen-bond donors (Lipinski definition) is 1. The molecule has 0 saturated carbocycles. The number of halogens is 3. The molecule has 9 heteroatoms. The molecule has 0 unspecified atom stereocenters. The molecule has 1 aromatic carbocycles. The van der Waals surface area contributed by atoms with Crippen molar-refractivity contribution in [2.75, 3.05) is 19.7 Å². The second-order valence-electron chi connectivity index (χ2n) is 6.82. The summed E-state index contributed by atoms with van der Waals surface area (Å²) in [6, 6.07) is 9.46. The lowest BCUT2D eigenvalue weighted by molar-refractivity contribution is -0.176. The first kappa shape index (κ1) is 20.9. The van der Waals surface area contributed by atoms with Crippen LogP contribution >= 0.6 is 0 Å². The number of furan rings is 1. The Morgan fingerprint density at radius 2 is 1.83 bits per heavy atom. The Hall–Kier alpha value is -2.81. The molecular formula is C20H21F3N2O4. The summed E-state index contributed by atoms with van der Waals surface area (Å²) >= 11 is 0. The van der Waals surface area contributed by atoms with Crippen LogP contribution in [0.2, 0.25) is 0 Å². The summed E-state index contributed by atoms with van der Waals surface area (Å²) in [6.45, 7) is -0.458. The molecule has 1 aliphatic heterocycles. The highest BCUT2D eigenvalue weighted by Crippen LogP contribution is 2.17. The fourth-order valence-corrected chi connectivity index (χ4v) is 3.09. The first-order valence-electron chi connectivity index (χ1n) is 9.19. The molecule has 2 amide bonds. The third-order valence-electron chi connectivity index (χ3n) is 4.60. The zero-order valence-electron chi connectivity index (χ0n) is 15.6. The summed E-state index contributed by atoms with van der Waals surface area (Å²) in [5.74, 6) is -0.126. The van der Waals surface area contributed by atoms with Crippen molar-refractivity contribution < 1.29 is 31.9 Å². The maximum absolute atomic E-state index is 12.4. The lowest BCUT2D eigenvalue weighted by Gasteiger charge is -2.31. The van der Waals surface area contributed by atoms with Crippen molar-refractivity contribution in [1.82, 2.24) is 10.2 Å². The minimum Gasteiger partial charge on any atom is -0.459 e. The van der Waals surface area contributed by atoms with Gasteiger partial charge in [-0.15, -0.1) is 0 Å². The molecule has 1 N–H and O–H groups in total. The topological polar surface area (TPSA) is 71.8 Å². The Morgan fingerprint density at radius 3 is 2.41 bits per heavy atom. The molecular weight excluding hydrogens is 389 g/mol. The van der Waals surface area contributed by atoms with Gasteiger partial charge in [0.15, 0.2) is 5.76 Å². The van der Waals surface area contributed by atoms with Gasteiger partial charge in [0.25, 0.3) is 11.8 Å². The van der Waals surface area contributed by atoms with Gasteiger partial charge in [-0.25, -0.2) is 0 Å². The average molecular weight is 410 g/mol. The van der Waals surface area contributed by atoms with Gasteiger partial charge in [0.2, 0.25) is 0 Å². The molecule has 1 saturated heterocycles. The van der Waals surface area contributed by atoms with Crippen molar-refractivity contribution in [1.29, 1.82) is 0 Å². The van der Waals surface area contributed by atoms with Crippen LogP contribution in [-0.2, 0) is 11.3 Å². The van der Waals surface area contributed by atoms with Crippen LogP contribution in [0.3, 0.4) is 0 Å². The molecule has 6 nitrogen and oxygen atoms in total. The normalized spacial score (nSPS) is 15.3. The average Bonchev–Trinajstić information content (AvgIpc) is 3.22. The molecule has 2 aromatic rings. The van der Waals surface area contributed by atoms with Crippen molar-refractivity contribution in [2.24, 2.45) is 0 Å². The van der Waals surface area contributed by atoms with Crippen LogP contribution in [-0.4, -0.2) is 48.6 Å². The van der Waals surface area contributed by atoms with E-state index in [1.165, 1.54) is 6.26 Å². The van der Waals surface area contributed by atoms with Gasteiger partial charge in [-0.05, 0) is 42.7 Å².